The SMILES string of the molecule is COc1ccc(N=C(C)c2cc(C)ccc2C)cc1. The zero-order valence-electron chi connectivity index (χ0n) is 11.9. The maximum Gasteiger partial charge on any atom is 0.119 e. The second-order valence-electron chi connectivity index (χ2n) is 4.71. The second-order valence-corrected chi connectivity index (χ2v) is 4.71. The number of methoxy groups -OCH3 is 1. The predicted octanol–water partition coefficient (Wildman–Crippen LogP) is 4.45. The number of aryl methyl sites for hydroxylation is 2. The van der Waals surface area contributed by atoms with Crippen molar-refractivity contribution in [1.29, 1.82) is 0 Å². The van der Waals surface area contributed by atoms with Crippen LogP contribution in [0.1, 0.15) is 23.6 Å². The van der Waals surface area contributed by atoms with Gasteiger partial charge in [0, 0.05) is 5.71 Å². The topological polar surface area (TPSA) is 21.6 Å². The van der Waals surface area contributed by atoms with Gasteiger partial charge in [0.25, 0.3) is 0 Å². The van der Waals surface area contributed by atoms with Crippen LogP contribution in [0.4, 0.5) is 5.69 Å². The Morgan fingerprint density at radius 2 is 1.68 bits per heavy atom. The molecule has 0 spiro atoms. The minimum atomic E-state index is 0.850. The van der Waals surface area contributed by atoms with Gasteiger partial charge in [0.05, 0.1) is 12.8 Å². The summed E-state index contributed by atoms with van der Waals surface area (Å²) in [5.41, 5.74) is 5.69. The molecule has 2 aromatic carbocycles. The Kier molecular flexibility index (Phi) is 4.00. The molecule has 0 aliphatic carbocycles. The average Bonchev–Trinajstić information content (AvgIpc) is 2.42. The number of ether oxygens (including phenoxy) is 1. The summed E-state index contributed by atoms with van der Waals surface area (Å²) in [7, 11) is 1.67. The summed E-state index contributed by atoms with van der Waals surface area (Å²) in [6.07, 6.45) is 0. The lowest BCUT2D eigenvalue weighted by Crippen LogP contribution is -1.98. The highest BCUT2D eigenvalue weighted by Crippen LogP contribution is 2.20. The molecule has 0 aliphatic heterocycles. The summed E-state index contributed by atoms with van der Waals surface area (Å²) in [6, 6.07) is 14.2. The van der Waals surface area contributed by atoms with E-state index in [1.807, 2.05) is 31.2 Å². The van der Waals surface area contributed by atoms with E-state index in [-0.39, 0.29) is 0 Å². The molecule has 19 heavy (non-hydrogen) atoms. The van der Waals surface area contributed by atoms with Crippen molar-refractivity contribution < 1.29 is 4.74 Å². The molecule has 2 aromatic rings. The summed E-state index contributed by atoms with van der Waals surface area (Å²) < 4.78 is 5.15. The third-order valence-corrected chi connectivity index (χ3v) is 3.15. The van der Waals surface area contributed by atoms with Crippen LogP contribution in [0.3, 0.4) is 0 Å². The molecule has 0 bridgehead atoms. The van der Waals surface area contributed by atoms with E-state index in [1.54, 1.807) is 7.11 Å². The molecule has 0 amide bonds. The summed E-state index contributed by atoms with van der Waals surface area (Å²) in [6.45, 7) is 6.26. The van der Waals surface area contributed by atoms with Crippen LogP contribution in [-0.4, -0.2) is 12.8 Å². The van der Waals surface area contributed by atoms with Crippen molar-refractivity contribution in [2.24, 2.45) is 4.99 Å². The maximum absolute atomic E-state index is 5.15. The molecule has 0 saturated heterocycles. The molecule has 2 heteroatoms. The molecule has 0 atom stereocenters. The molecular weight excluding hydrogens is 234 g/mol. The molecule has 2 nitrogen and oxygen atoms in total. The molecule has 2 rings (SSSR count). The van der Waals surface area contributed by atoms with E-state index in [4.69, 9.17) is 4.74 Å². The van der Waals surface area contributed by atoms with Crippen molar-refractivity contribution >= 4 is 11.4 Å². The summed E-state index contributed by atoms with van der Waals surface area (Å²) in [4.78, 5) is 4.67. The molecule has 0 fully saturated rings. The first kappa shape index (κ1) is 13.3. The maximum atomic E-state index is 5.15. The first-order valence-electron chi connectivity index (χ1n) is 6.37. The highest BCUT2D eigenvalue weighted by molar-refractivity contribution is 6.01. The normalized spacial score (nSPS) is 11.5. The molecule has 0 aromatic heterocycles. The van der Waals surface area contributed by atoms with Crippen molar-refractivity contribution in [2.75, 3.05) is 7.11 Å². The number of hydrogen-bond donors (Lipinski definition) is 0. The van der Waals surface area contributed by atoms with Gasteiger partial charge < -0.3 is 4.74 Å². The van der Waals surface area contributed by atoms with E-state index in [1.165, 1.54) is 16.7 Å². The molecule has 0 aliphatic rings. The standard InChI is InChI=1S/C17H19NO/c1-12-5-6-13(2)17(11-12)14(3)18-15-7-9-16(19-4)10-8-15/h5-11H,1-4H3. The fourth-order valence-electron chi connectivity index (χ4n) is 2.04. The Morgan fingerprint density at radius 1 is 1.00 bits per heavy atom. The van der Waals surface area contributed by atoms with Crippen LogP contribution in [0.25, 0.3) is 0 Å². The predicted molar refractivity (Wildman–Crippen MR) is 80.8 cm³/mol. The number of rotatable bonds is 3. The van der Waals surface area contributed by atoms with Crippen molar-refractivity contribution in [3.63, 3.8) is 0 Å². The summed E-state index contributed by atoms with van der Waals surface area (Å²) in [5.74, 6) is 0.850. The monoisotopic (exact) mass is 253 g/mol. The fraction of sp³-hybridized carbons (Fsp3) is 0.235. The summed E-state index contributed by atoms with van der Waals surface area (Å²) >= 11 is 0. The van der Waals surface area contributed by atoms with Gasteiger partial charge in [-0.3, -0.25) is 4.99 Å². The smallest absolute Gasteiger partial charge is 0.119 e. The van der Waals surface area contributed by atoms with Crippen molar-refractivity contribution in [2.45, 2.75) is 20.8 Å². The van der Waals surface area contributed by atoms with Crippen molar-refractivity contribution in [1.82, 2.24) is 0 Å². The molecule has 0 saturated carbocycles. The van der Waals surface area contributed by atoms with Crippen LogP contribution in [0.5, 0.6) is 5.75 Å². The van der Waals surface area contributed by atoms with E-state index < -0.39 is 0 Å². The molecule has 0 N–H and O–H groups in total. The van der Waals surface area contributed by atoms with Crippen LogP contribution in [0.2, 0.25) is 0 Å². The molecule has 98 valence electrons. The van der Waals surface area contributed by atoms with Gasteiger partial charge in [-0.25, -0.2) is 0 Å². The van der Waals surface area contributed by atoms with Crippen molar-refractivity contribution in [3.8, 4) is 5.75 Å². The van der Waals surface area contributed by atoms with Crippen molar-refractivity contribution in [3.05, 3.63) is 59.2 Å². The number of aliphatic imine (C=N–C) groups is 1. The Labute approximate surface area is 114 Å². The van der Waals surface area contributed by atoms with Crippen LogP contribution >= 0.6 is 0 Å². The van der Waals surface area contributed by atoms with E-state index in [2.05, 4.69) is 37.0 Å². The Morgan fingerprint density at radius 3 is 2.32 bits per heavy atom. The van der Waals surface area contributed by atoms with Gasteiger partial charge in [0.15, 0.2) is 0 Å². The van der Waals surface area contributed by atoms with Crippen LogP contribution in [0.15, 0.2) is 47.5 Å². The van der Waals surface area contributed by atoms with E-state index in [0.717, 1.165) is 17.1 Å². The Balaban J connectivity index is 2.33. The lowest BCUT2D eigenvalue weighted by molar-refractivity contribution is 0.415. The minimum Gasteiger partial charge on any atom is -0.497 e. The first-order valence-corrected chi connectivity index (χ1v) is 6.37. The van der Waals surface area contributed by atoms with Crippen LogP contribution in [-0.2, 0) is 0 Å². The number of benzene rings is 2. The number of nitrogens with zero attached hydrogens (tertiary/aromatic N) is 1. The fourth-order valence-corrected chi connectivity index (χ4v) is 2.04. The van der Waals surface area contributed by atoms with E-state index in [9.17, 15) is 0 Å². The Bertz CT molecular complexity index is 597. The van der Waals surface area contributed by atoms with Gasteiger partial charge >= 0.3 is 0 Å². The highest BCUT2D eigenvalue weighted by Gasteiger charge is 2.03. The largest absolute Gasteiger partial charge is 0.497 e. The molecule has 0 unspecified atom stereocenters. The van der Waals surface area contributed by atoms with Gasteiger partial charge in [0.2, 0.25) is 0 Å². The third kappa shape index (κ3) is 3.22. The van der Waals surface area contributed by atoms with Crippen LogP contribution < -0.4 is 4.74 Å². The minimum absolute atomic E-state index is 0.850. The zero-order chi connectivity index (χ0) is 13.8. The molecular formula is C17H19NO. The quantitative estimate of drug-likeness (QED) is 0.740. The third-order valence-electron chi connectivity index (χ3n) is 3.15. The van der Waals surface area contributed by atoms with Gasteiger partial charge in [-0.2, -0.15) is 0 Å². The van der Waals surface area contributed by atoms with E-state index in [0.29, 0.717) is 0 Å². The average molecular weight is 253 g/mol. The van der Waals surface area contributed by atoms with Gasteiger partial charge in [-0.1, -0.05) is 17.7 Å². The first-order chi connectivity index (χ1) is 9.10. The molecule has 0 heterocycles. The van der Waals surface area contributed by atoms with E-state index >= 15 is 0 Å². The van der Waals surface area contributed by atoms with Gasteiger partial charge in [0.1, 0.15) is 5.75 Å². The lowest BCUT2D eigenvalue weighted by atomic mass is 10.0. The zero-order valence-corrected chi connectivity index (χ0v) is 11.9. The molecule has 0 radical (unpaired) electrons. The van der Waals surface area contributed by atoms with Gasteiger partial charge in [-0.15, -0.1) is 0 Å². The lowest BCUT2D eigenvalue weighted by Gasteiger charge is -2.07. The number of hydrogen-bond acceptors (Lipinski definition) is 2. The van der Waals surface area contributed by atoms with Crippen LogP contribution in [0, 0.1) is 13.8 Å². The second kappa shape index (κ2) is 5.70. The summed E-state index contributed by atoms with van der Waals surface area (Å²) in [5, 5.41) is 0. The highest BCUT2D eigenvalue weighted by atomic mass is 16.5. The van der Waals surface area contributed by atoms with Gasteiger partial charge in [-0.05, 0) is 62.2 Å². The Hall–Kier alpha value is -2.09.